The minimum Gasteiger partial charge on any atom is -0.504 e. The number of carbonyl (C=O) groups is 1. The molecule has 1 aromatic carbocycles. The van der Waals surface area contributed by atoms with Crippen molar-refractivity contribution in [3.05, 3.63) is 23.3 Å². The fourth-order valence-corrected chi connectivity index (χ4v) is 13.6. The molecule has 3 aliphatic carbocycles. The summed E-state index contributed by atoms with van der Waals surface area (Å²) in [6, 6.07) is 3.24. The standard InChI is InChI=1S/C44H67N5O8S2/c1-27(50)42-13-8-30-18-29-6-7-39(46-16-17-58-59-26-43(11-4-3-5-12-43)49-41(45)47-25-42)44(23-29)24-33(10-15-48-44)57-38-20-31(35(40(54)55)22-36(38)53)19-34(30)37(56-28(2)51)21-32(52)9-14-42/h20,22,27,29-30,32-34,37,39-40,46,48,50,52-55H,3-7,9-12,14-19,21,23-26H2,1-2H3,(H3,45,47,49). The largest absolute Gasteiger partial charge is 0.504 e. The van der Waals surface area contributed by atoms with Gasteiger partial charge in [0.15, 0.2) is 23.7 Å². The number of aliphatic hydroxyl groups is 4. The fraction of sp³-hybridized carbons (Fsp3) is 0.773. The average Bonchev–Trinajstić information content (AvgIpc) is 3.18. The number of benzene rings is 1. The maximum absolute atomic E-state index is 12.9. The Morgan fingerprint density at radius 2 is 1.86 bits per heavy atom. The van der Waals surface area contributed by atoms with Gasteiger partial charge >= 0.3 is 5.97 Å². The number of carbonyl (C=O) groups excluding carboxylic acids is 1. The molecule has 2 saturated carbocycles. The van der Waals surface area contributed by atoms with E-state index in [1.165, 1.54) is 19.4 Å². The number of guanidine groups is 1. The molecule has 10 unspecified atom stereocenters. The van der Waals surface area contributed by atoms with Gasteiger partial charge in [0.25, 0.3) is 0 Å². The zero-order valence-electron chi connectivity index (χ0n) is 34.8. The third-order valence-corrected chi connectivity index (χ3v) is 16.9. The quantitative estimate of drug-likeness (QED) is 0.0911. The molecule has 0 amide bonds. The monoisotopic (exact) mass is 857 g/mol. The van der Waals surface area contributed by atoms with E-state index in [-0.39, 0.29) is 72.0 Å². The SMILES string of the molecule is CC(=O)OC1CC(O)CCC2(C(C)O)C#CC3CC4CCC(NCCSSCC5(CCCCC5)NC(N)=NC2)C2(C4)CC(CCN2)Oc2cc(c(C(O)O)cc2O)CC31. The van der Waals surface area contributed by atoms with Crippen molar-refractivity contribution in [3.8, 4) is 23.3 Å². The number of ether oxygens (including phenoxy) is 2. The highest BCUT2D eigenvalue weighted by Gasteiger charge is 2.49. The van der Waals surface area contributed by atoms with Crippen molar-refractivity contribution in [1.29, 1.82) is 0 Å². The molecule has 2 spiro atoms. The first-order chi connectivity index (χ1) is 28.3. The van der Waals surface area contributed by atoms with Crippen LogP contribution in [0.5, 0.6) is 11.5 Å². The van der Waals surface area contributed by atoms with E-state index in [1.54, 1.807) is 13.0 Å². The van der Waals surface area contributed by atoms with Crippen LogP contribution in [0.2, 0.25) is 0 Å². The summed E-state index contributed by atoms with van der Waals surface area (Å²) in [5.41, 5.74) is 5.87. The second kappa shape index (κ2) is 19.3. The van der Waals surface area contributed by atoms with Crippen LogP contribution < -0.4 is 26.4 Å². The maximum atomic E-state index is 12.9. The van der Waals surface area contributed by atoms with Crippen molar-refractivity contribution < 1.29 is 39.8 Å². The number of aromatic hydroxyl groups is 1. The highest BCUT2D eigenvalue weighted by atomic mass is 33.1. The fourth-order valence-electron chi connectivity index (χ4n) is 11.1. The lowest BCUT2D eigenvalue weighted by molar-refractivity contribution is -0.152. The summed E-state index contributed by atoms with van der Waals surface area (Å²) in [5.74, 6) is 8.36. The second-order valence-corrected chi connectivity index (χ2v) is 21.1. The number of phenols is 1. The number of fused-ring (bicyclic) bond motifs is 11. The van der Waals surface area contributed by atoms with E-state index in [9.17, 15) is 30.3 Å². The van der Waals surface area contributed by atoms with Crippen LogP contribution in [0.4, 0.5) is 0 Å². The lowest BCUT2D eigenvalue weighted by atomic mass is 9.64. The number of phenolic OH excluding ortho intramolecular Hbond substituents is 1. The number of rotatable bonds is 3. The van der Waals surface area contributed by atoms with Gasteiger partial charge in [-0.3, -0.25) is 9.79 Å². The number of hydrogen-bond donors (Lipinski definition) is 9. The molecular weight excluding hydrogens is 791 g/mol. The lowest BCUT2D eigenvalue weighted by Gasteiger charge is -2.52. The number of piperidine rings is 1. The molecule has 8 rings (SSSR count). The number of nitrogens with two attached hydrogens (primary N) is 1. The summed E-state index contributed by atoms with van der Waals surface area (Å²) in [7, 11) is 3.77. The molecule has 13 nitrogen and oxygen atoms in total. The van der Waals surface area contributed by atoms with E-state index in [0.717, 1.165) is 82.4 Å². The molecule has 1 aromatic rings. The van der Waals surface area contributed by atoms with Crippen LogP contribution in [0, 0.1) is 35.0 Å². The van der Waals surface area contributed by atoms with Gasteiger partial charge in [-0.05, 0) is 101 Å². The molecule has 10 atom stereocenters. The molecule has 1 saturated heterocycles. The van der Waals surface area contributed by atoms with E-state index in [1.807, 2.05) is 21.6 Å². The molecule has 0 aromatic heterocycles. The number of aliphatic imine (C=N–C) groups is 1. The van der Waals surface area contributed by atoms with Crippen LogP contribution in [0.1, 0.15) is 121 Å². The van der Waals surface area contributed by atoms with Crippen molar-refractivity contribution in [1.82, 2.24) is 16.0 Å². The van der Waals surface area contributed by atoms with Crippen molar-refractivity contribution >= 4 is 33.5 Å². The highest BCUT2D eigenvalue weighted by Crippen LogP contribution is 2.46. The number of aliphatic hydroxyl groups excluding tert-OH is 3. The molecule has 4 aliphatic heterocycles. The van der Waals surface area contributed by atoms with Crippen LogP contribution in [0.3, 0.4) is 0 Å². The predicted molar refractivity (Wildman–Crippen MR) is 232 cm³/mol. The third-order valence-electron chi connectivity index (χ3n) is 14.3. The van der Waals surface area contributed by atoms with E-state index in [4.69, 9.17) is 20.2 Å². The first kappa shape index (κ1) is 44.6. The smallest absolute Gasteiger partial charge is 0.302 e. The Morgan fingerprint density at radius 1 is 1.05 bits per heavy atom. The van der Waals surface area contributed by atoms with E-state index < -0.39 is 47.8 Å². The topological polar surface area (TPSA) is 211 Å². The molecule has 4 heterocycles. The Kier molecular flexibility index (Phi) is 14.6. The molecule has 0 radical (unpaired) electrons. The Balaban J connectivity index is 1.39. The highest BCUT2D eigenvalue weighted by molar-refractivity contribution is 8.76. The van der Waals surface area contributed by atoms with E-state index in [0.29, 0.717) is 24.4 Å². The van der Waals surface area contributed by atoms with Gasteiger partial charge in [0, 0.05) is 72.3 Å². The number of hydrogen-bond acceptors (Lipinski definition) is 15. The Bertz CT molecular complexity index is 1720. The van der Waals surface area contributed by atoms with Gasteiger partial charge < -0.3 is 56.7 Å². The van der Waals surface area contributed by atoms with Crippen LogP contribution in [-0.4, -0.2) is 110 Å². The zero-order valence-corrected chi connectivity index (χ0v) is 36.4. The third kappa shape index (κ3) is 10.6. The minimum absolute atomic E-state index is 0.125. The zero-order chi connectivity index (χ0) is 41.8. The van der Waals surface area contributed by atoms with Crippen LogP contribution >= 0.6 is 21.6 Å². The molecule has 10 N–H and O–H groups in total. The molecule has 15 heteroatoms. The van der Waals surface area contributed by atoms with Crippen molar-refractivity contribution in [2.24, 2.45) is 33.9 Å². The lowest BCUT2D eigenvalue weighted by Crippen LogP contribution is -2.66. The van der Waals surface area contributed by atoms with Crippen molar-refractivity contribution in [2.45, 2.75) is 158 Å². The molecule has 3 fully saturated rings. The second-order valence-electron chi connectivity index (χ2n) is 18.5. The number of nitrogens with one attached hydrogen (secondary N) is 3. The van der Waals surface area contributed by atoms with Crippen molar-refractivity contribution in [2.75, 3.05) is 31.1 Å². The van der Waals surface area contributed by atoms with Gasteiger partial charge in [-0.15, -0.1) is 0 Å². The van der Waals surface area contributed by atoms with Gasteiger partial charge in [0.2, 0.25) is 0 Å². The van der Waals surface area contributed by atoms with Crippen LogP contribution in [-0.2, 0) is 16.0 Å². The van der Waals surface area contributed by atoms with Crippen molar-refractivity contribution in [3.63, 3.8) is 0 Å². The molecule has 59 heavy (non-hydrogen) atoms. The summed E-state index contributed by atoms with van der Waals surface area (Å²) in [5, 5.41) is 67.6. The number of nitrogens with zero attached hydrogens (tertiary/aromatic N) is 1. The van der Waals surface area contributed by atoms with Gasteiger partial charge in [0.05, 0.1) is 24.2 Å². The Hall–Kier alpha value is -2.42. The summed E-state index contributed by atoms with van der Waals surface area (Å²) in [6.07, 6.45) is 6.64. The predicted octanol–water partition coefficient (Wildman–Crippen LogP) is 4.03. The van der Waals surface area contributed by atoms with Crippen LogP contribution in [0.15, 0.2) is 17.1 Å². The Labute approximate surface area is 357 Å². The van der Waals surface area contributed by atoms with Gasteiger partial charge in [-0.25, -0.2) is 0 Å². The first-order valence-electron chi connectivity index (χ1n) is 22.0. The summed E-state index contributed by atoms with van der Waals surface area (Å²) in [4.78, 5) is 17.8. The molecule has 8 bridgehead atoms. The minimum atomic E-state index is -1.89. The molecular formula is C44H67N5O8S2. The summed E-state index contributed by atoms with van der Waals surface area (Å²) < 4.78 is 12.8. The van der Waals surface area contributed by atoms with Gasteiger partial charge in [0.1, 0.15) is 12.2 Å². The molecule has 7 aliphatic rings. The normalized spacial score (nSPS) is 36.1. The number of esters is 1. The Morgan fingerprint density at radius 3 is 2.63 bits per heavy atom. The average molecular weight is 858 g/mol. The summed E-state index contributed by atoms with van der Waals surface area (Å²) in [6.45, 7) is 4.84. The van der Waals surface area contributed by atoms with Gasteiger partial charge in [-0.2, -0.15) is 0 Å². The van der Waals surface area contributed by atoms with Crippen LogP contribution in [0.25, 0.3) is 0 Å². The van der Waals surface area contributed by atoms with E-state index >= 15 is 0 Å². The maximum Gasteiger partial charge on any atom is 0.302 e. The first-order valence-corrected chi connectivity index (χ1v) is 24.5. The summed E-state index contributed by atoms with van der Waals surface area (Å²) >= 11 is 0. The molecule has 328 valence electrons. The van der Waals surface area contributed by atoms with Gasteiger partial charge in [-0.1, -0.05) is 52.7 Å². The van der Waals surface area contributed by atoms with E-state index in [2.05, 4.69) is 27.8 Å².